The van der Waals surface area contributed by atoms with Crippen LogP contribution >= 0.6 is 0 Å². The molecule has 0 radical (unpaired) electrons. The van der Waals surface area contributed by atoms with Crippen LogP contribution in [0.4, 0.5) is 0 Å². The van der Waals surface area contributed by atoms with Crippen molar-refractivity contribution in [3.8, 4) is 11.6 Å². The van der Waals surface area contributed by atoms with Gasteiger partial charge in [0.2, 0.25) is 5.91 Å². The van der Waals surface area contributed by atoms with Gasteiger partial charge in [0.1, 0.15) is 0 Å². The van der Waals surface area contributed by atoms with Gasteiger partial charge in [-0.25, -0.2) is 0 Å². The zero-order valence-electron chi connectivity index (χ0n) is 15.0. The van der Waals surface area contributed by atoms with E-state index in [1.807, 2.05) is 16.6 Å². The summed E-state index contributed by atoms with van der Waals surface area (Å²) in [6.07, 6.45) is 7.76. The molecule has 1 aliphatic heterocycles. The smallest absolute Gasteiger partial charge is 0.278 e. The highest BCUT2D eigenvalue weighted by Crippen LogP contribution is 2.31. The summed E-state index contributed by atoms with van der Waals surface area (Å²) in [7, 11) is 1.94. The number of hydrogen-bond acceptors (Lipinski definition) is 5. The third-order valence-corrected chi connectivity index (χ3v) is 5.51. The molecule has 0 spiro atoms. The second kappa shape index (κ2) is 6.61. The normalized spacial score (nSPS) is 18.4. The Bertz CT molecular complexity index is 773. The molecule has 4 rings (SSSR count). The minimum atomic E-state index is 0.272. The van der Waals surface area contributed by atoms with Crippen molar-refractivity contribution >= 4 is 5.91 Å². The molecule has 1 fully saturated rings. The average Bonchev–Trinajstić information content (AvgIpc) is 3.19. The number of aromatic nitrogens is 4. The fourth-order valence-corrected chi connectivity index (χ4v) is 4.14. The second-order valence-corrected chi connectivity index (χ2v) is 7.32. The van der Waals surface area contributed by atoms with E-state index in [9.17, 15) is 4.79 Å². The molecular formula is C18H25N5O2. The van der Waals surface area contributed by atoms with Crippen molar-refractivity contribution in [3.63, 3.8) is 0 Å². The molecule has 134 valence electrons. The molecule has 1 saturated carbocycles. The molecule has 2 aliphatic rings. The Balaban J connectivity index is 1.53. The Morgan fingerprint density at radius 3 is 2.80 bits per heavy atom. The molecule has 1 amide bonds. The number of carbonyl (C=O) groups is 1. The van der Waals surface area contributed by atoms with Crippen LogP contribution in [-0.2, 0) is 24.8 Å². The summed E-state index contributed by atoms with van der Waals surface area (Å²) in [6, 6.07) is 0. The fraction of sp³-hybridized carbons (Fsp3) is 0.667. The number of fused-ring (bicyclic) bond motifs is 1. The van der Waals surface area contributed by atoms with Crippen LogP contribution < -0.4 is 0 Å². The number of hydrogen-bond donors (Lipinski definition) is 0. The van der Waals surface area contributed by atoms with E-state index < -0.39 is 0 Å². The van der Waals surface area contributed by atoms with Crippen LogP contribution in [0.2, 0.25) is 0 Å². The molecule has 0 bridgehead atoms. The van der Waals surface area contributed by atoms with Crippen LogP contribution in [0, 0.1) is 12.8 Å². The quantitative estimate of drug-likeness (QED) is 0.856. The van der Waals surface area contributed by atoms with E-state index >= 15 is 0 Å². The molecule has 0 aromatic carbocycles. The van der Waals surface area contributed by atoms with Crippen molar-refractivity contribution in [2.24, 2.45) is 13.0 Å². The third-order valence-electron chi connectivity index (χ3n) is 5.51. The molecule has 25 heavy (non-hydrogen) atoms. The van der Waals surface area contributed by atoms with Gasteiger partial charge in [0.05, 0.1) is 0 Å². The second-order valence-electron chi connectivity index (χ2n) is 7.32. The van der Waals surface area contributed by atoms with Crippen LogP contribution in [0.25, 0.3) is 11.6 Å². The Labute approximate surface area is 147 Å². The van der Waals surface area contributed by atoms with Gasteiger partial charge in [0.25, 0.3) is 5.89 Å². The SMILES string of the molecule is Cc1noc(-c2nn(C)c3c2CN(C(=O)CC2CCCCC2)CC3)n1. The molecule has 0 unspecified atom stereocenters. The molecule has 1 aliphatic carbocycles. The number of rotatable bonds is 3. The van der Waals surface area contributed by atoms with E-state index in [0.29, 0.717) is 36.3 Å². The van der Waals surface area contributed by atoms with Gasteiger partial charge < -0.3 is 9.42 Å². The van der Waals surface area contributed by atoms with Crippen LogP contribution in [0.1, 0.15) is 55.6 Å². The van der Waals surface area contributed by atoms with Gasteiger partial charge in [0, 0.05) is 44.2 Å². The van der Waals surface area contributed by atoms with Gasteiger partial charge in [-0.15, -0.1) is 0 Å². The number of aryl methyl sites for hydroxylation is 2. The van der Waals surface area contributed by atoms with Crippen molar-refractivity contribution in [1.82, 2.24) is 24.8 Å². The zero-order chi connectivity index (χ0) is 17.4. The highest BCUT2D eigenvalue weighted by Gasteiger charge is 2.30. The highest BCUT2D eigenvalue weighted by molar-refractivity contribution is 5.77. The van der Waals surface area contributed by atoms with E-state index in [0.717, 1.165) is 24.2 Å². The Morgan fingerprint density at radius 1 is 1.28 bits per heavy atom. The van der Waals surface area contributed by atoms with Crippen LogP contribution in [-0.4, -0.2) is 37.3 Å². The first kappa shape index (κ1) is 16.3. The third kappa shape index (κ3) is 3.19. The van der Waals surface area contributed by atoms with Gasteiger partial charge in [-0.2, -0.15) is 10.1 Å². The van der Waals surface area contributed by atoms with Crippen molar-refractivity contribution in [2.75, 3.05) is 6.54 Å². The van der Waals surface area contributed by atoms with Crippen molar-refractivity contribution in [2.45, 2.75) is 58.4 Å². The molecule has 3 heterocycles. The maximum absolute atomic E-state index is 12.8. The lowest BCUT2D eigenvalue weighted by Gasteiger charge is -2.30. The Morgan fingerprint density at radius 2 is 2.08 bits per heavy atom. The summed E-state index contributed by atoms with van der Waals surface area (Å²) >= 11 is 0. The van der Waals surface area contributed by atoms with E-state index in [-0.39, 0.29) is 5.91 Å². The number of carbonyl (C=O) groups excluding carboxylic acids is 1. The summed E-state index contributed by atoms with van der Waals surface area (Å²) in [5, 5.41) is 8.43. The van der Waals surface area contributed by atoms with E-state index in [1.54, 1.807) is 6.92 Å². The van der Waals surface area contributed by atoms with Crippen molar-refractivity contribution in [1.29, 1.82) is 0 Å². The fourth-order valence-electron chi connectivity index (χ4n) is 4.14. The molecule has 0 saturated heterocycles. The maximum Gasteiger partial charge on any atom is 0.278 e. The molecule has 7 heteroatoms. The van der Waals surface area contributed by atoms with E-state index in [2.05, 4.69) is 15.2 Å². The average molecular weight is 343 g/mol. The topological polar surface area (TPSA) is 77.0 Å². The molecular weight excluding hydrogens is 318 g/mol. The molecule has 2 aromatic heterocycles. The summed E-state index contributed by atoms with van der Waals surface area (Å²) in [5.74, 6) is 1.87. The Hall–Kier alpha value is -2.18. The summed E-state index contributed by atoms with van der Waals surface area (Å²) in [6.45, 7) is 3.15. The summed E-state index contributed by atoms with van der Waals surface area (Å²) in [5.41, 5.74) is 2.93. The zero-order valence-corrected chi connectivity index (χ0v) is 15.0. The lowest BCUT2D eigenvalue weighted by molar-refractivity contribution is -0.133. The maximum atomic E-state index is 12.8. The van der Waals surface area contributed by atoms with E-state index in [1.165, 1.54) is 32.1 Å². The highest BCUT2D eigenvalue weighted by atomic mass is 16.5. The monoisotopic (exact) mass is 343 g/mol. The lowest BCUT2D eigenvalue weighted by Crippen LogP contribution is -2.37. The lowest BCUT2D eigenvalue weighted by atomic mass is 9.86. The van der Waals surface area contributed by atoms with Crippen molar-refractivity contribution in [3.05, 3.63) is 17.1 Å². The standard InChI is InChI=1S/C18H25N5O2/c1-12-19-18(25-21-12)17-14-11-23(9-8-15(14)22(2)20-17)16(24)10-13-6-4-3-5-7-13/h13H,3-11H2,1-2H3. The predicted octanol–water partition coefficient (Wildman–Crippen LogP) is 2.63. The van der Waals surface area contributed by atoms with E-state index in [4.69, 9.17) is 4.52 Å². The van der Waals surface area contributed by atoms with Crippen LogP contribution in [0.5, 0.6) is 0 Å². The first-order valence-electron chi connectivity index (χ1n) is 9.25. The first-order chi connectivity index (χ1) is 12.1. The van der Waals surface area contributed by atoms with Gasteiger partial charge in [-0.3, -0.25) is 9.48 Å². The molecule has 0 atom stereocenters. The summed E-state index contributed by atoms with van der Waals surface area (Å²) in [4.78, 5) is 19.1. The van der Waals surface area contributed by atoms with Crippen LogP contribution in [0.3, 0.4) is 0 Å². The van der Waals surface area contributed by atoms with Gasteiger partial charge in [-0.1, -0.05) is 24.4 Å². The molecule has 7 nitrogen and oxygen atoms in total. The van der Waals surface area contributed by atoms with Crippen molar-refractivity contribution < 1.29 is 9.32 Å². The minimum absolute atomic E-state index is 0.272. The van der Waals surface area contributed by atoms with Gasteiger partial charge in [-0.05, 0) is 25.7 Å². The number of amides is 1. The number of nitrogens with zero attached hydrogens (tertiary/aromatic N) is 5. The molecule has 0 N–H and O–H groups in total. The first-order valence-corrected chi connectivity index (χ1v) is 9.25. The Kier molecular flexibility index (Phi) is 4.31. The van der Waals surface area contributed by atoms with Crippen LogP contribution in [0.15, 0.2) is 4.52 Å². The predicted molar refractivity (Wildman–Crippen MR) is 91.6 cm³/mol. The summed E-state index contributed by atoms with van der Waals surface area (Å²) < 4.78 is 7.19. The van der Waals surface area contributed by atoms with Gasteiger partial charge >= 0.3 is 0 Å². The van der Waals surface area contributed by atoms with Gasteiger partial charge in [0.15, 0.2) is 11.5 Å². The minimum Gasteiger partial charge on any atom is -0.338 e. The molecule has 2 aromatic rings. The largest absolute Gasteiger partial charge is 0.338 e.